The van der Waals surface area contributed by atoms with E-state index in [4.69, 9.17) is 0 Å². The summed E-state index contributed by atoms with van der Waals surface area (Å²) in [5, 5.41) is 3.39. The first-order chi connectivity index (χ1) is 9.48. The van der Waals surface area contributed by atoms with Crippen molar-refractivity contribution in [2.24, 2.45) is 11.3 Å². The monoisotopic (exact) mass is 271 g/mol. The van der Waals surface area contributed by atoms with E-state index in [0.717, 1.165) is 18.5 Å². The predicted octanol–water partition coefficient (Wildman–Crippen LogP) is 2.45. The number of Topliss-reactive ketones (excluding diaryl/α,β-unsaturated/α-hetero) is 2. The molecule has 1 N–H and O–H groups in total. The molecule has 0 spiro atoms. The molecule has 1 fully saturated rings. The zero-order chi connectivity index (χ0) is 14.3. The van der Waals surface area contributed by atoms with Crippen molar-refractivity contribution in [3.63, 3.8) is 0 Å². The van der Waals surface area contributed by atoms with E-state index in [2.05, 4.69) is 11.4 Å². The average molecular weight is 271 g/mol. The minimum atomic E-state index is -0.496. The molecule has 106 valence electrons. The van der Waals surface area contributed by atoms with Crippen LogP contribution in [0.1, 0.15) is 43.9 Å². The number of fused-ring (bicyclic) bond motifs is 1. The molecule has 3 rings (SSSR count). The molecule has 0 amide bonds. The van der Waals surface area contributed by atoms with Gasteiger partial charge in [-0.3, -0.25) is 9.59 Å². The molecule has 0 aromatic heterocycles. The molecular formula is C17H21NO2. The molecule has 0 bridgehead atoms. The Morgan fingerprint density at radius 2 is 1.75 bits per heavy atom. The van der Waals surface area contributed by atoms with Gasteiger partial charge >= 0.3 is 0 Å². The number of benzene rings is 1. The summed E-state index contributed by atoms with van der Waals surface area (Å²) in [7, 11) is 0. The summed E-state index contributed by atoms with van der Waals surface area (Å²) < 4.78 is 0. The summed E-state index contributed by atoms with van der Waals surface area (Å²) in [6.07, 6.45) is 1.97. The Kier molecular flexibility index (Phi) is 3.25. The molecular weight excluding hydrogens is 250 g/mol. The molecule has 1 aromatic rings. The minimum absolute atomic E-state index is 0.0976. The molecule has 1 aromatic carbocycles. The highest BCUT2D eigenvalue weighted by Crippen LogP contribution is 2.40. The number of hydrogen-bond acceptors (Lipinski definition) is 3. The summed E-state index contributed by atoms with van der Waals surface area (Å²) in [6.45, 7) is 4.84. The van der Waals surface area contributed by atoms with Gasteiger partial charge in [0.05, 0.1) is 5.92 Å². The Hall–Kier alpha value is -1.48. The van der Waals surface area contributed by atoms with E-state index in [1.165, 1.54) is 5.56 Å². The van der Waals surface area contributed by atoms with Gasteiger partial charge in [-0.05, 0) is 29.5 Å². The van der Waals surface area contributed by atoms with Crippen LogP contribution in [0.5, 0.6) is 0 Å². The first kappa shape index (κ1) is 13.5. The van der Waals surface area contributed by atoms with Crippen LogP contribution >= 0.6 is 0 Å². The van der Waals surface area contributed by atoms with Crippen molar-refractivity contribution in [1.29, 1.82) is 0 Å². The van der Waals surface area contributed by atoms with Gasteiger partial charge in [-0.15, -0.1) is 0 Å². The van der Waals surface area contributed by atoms with Crippen molar-refractivity contribution >= 4 is 11.6 Å². The maximum Gasteiger partial charge on any atom is 0.145 e. The third kappa shape index (κ3) is 2.31. The first-order valence-corrected chi connectivity index (χ1v) is 7.34. The van der Waals surface area contributed by atoms with Gasteiger partial charge in [0.25, 0.3) is 0 Å². The Labute approximate surface area is 119 Å². The molecule has 0 saturated heterocycles. The molecule has 0 unspecified atom stereocenters. The highest BCUT2D eigenvalue weighted by atomic mass is 16.2. The van der Waals surface area contributed by atoms with E-state index in [9.17, 15) is 9.59 Å². The van der Waals surface area contributed by atoms with Crippen LogP contribution in [0.4, 0.5) is 0 Å². The molecule has 3 nitrogen and oxygen atoms in total. The van der Waals surface area contributed by atoms with Crippen LogP contribution in [0.2, 0.25) is 0 Å². The third-order valence-corrected chi connectivity index (χ3v) is 4.48. The normalized spacial score (nSPS) is 26.4. The lowest BCUT2D eigenvalue weighted by Crippen LogP contribution is -2.46. The number of hydrogen-bond donors (Lipinski definition) is 1. The smallest absolute Gasteiger partial charge is 0.145 e. The number of ketones is 2. The summed E-state index contributed by atoms with van der Waals surface area (Å²) in [4.78, 5) is 24.9. The highest BCUT2D eigenvalue weighted by molar-refractivity contribution is 6.06. The zero-order valence-corrected chi connectivity index (χ0v) is 12.1. The molecule has 1 atom stereocenters. The summed E-state index contributed by atoms with van der Waals surface area (Å²) in [6, 6.07) is 8.03. The van der Waals surface area contributed by atoms with Crippen molar-refractivity contribution in [2.75, 3.05) is 6.54 Å². The average Bonchev–Trinajstić information content (AvgIpc) is 2.36. The van der Waals surface area contributed by atoms with Gasteiger partial charge in [0.1, 0.15) is 11.6 Å². The molecule has 1 heterocycles. The van der Waals surface area contributed by atoms with Crippen molar-refractivity contribution in [1.82, 2.24) is 5.32 Å². The van der Waals surface area contributed by atoms with Crippen LogP contribution in [0.3, 0.4) is 0 Å². The second-order valence-electron chi connectivity index (χ2n) is 6.81. The Morgan fingerprint density at radius 1 is 1.10 bits per heavy atom. The second kappa shape index (κ2) is 4.81. The van der Waals surface area contributed by atoms with E-state index in [1.807, 2.05) is 32.0 Å². The molecule has 1 aliphatic carbocycles. The molecule has 0 radical (unpaired) electrons. The van der Waals surface area contributed by atoms with Crippen LogP contribution in [-0.2, 0) is 16.0 Å². The summed E-state index contributed by atoms with van der Waals surface area (Å²) in [5.74, 6) is -0.301. The van der Waals surface area contributed by atoms with Crippen molar-refractivity contribution in [3.05, 3.63) is 35.4 Å². The Balaban J connectivity index is 1.94. The van der Waals surface area contributed by atoms with Crippen molar-refractivity contribution < 1.29 is 9.59 Å². The largest absolute Gasteiger partial charge is 0.309 e. The van der Waals surface area contributed by atoms with Gasteiger partial charge in [0.15, 0.2) is 0 Å². The fourth-order valence-electron chi connectivity index (χ4n) is 3.61. The summed E-state index contributed by atoms with van der Waals surface area (Å²) in [5.41, 5.74) is 2.21. The van der Waals surface area contributed by atoms with Gasteiger partial charge in [-0.25, -0.2) is 0 Å². The SMILES string of the molecule is CC1(C)CC(=O)C([C@@H]2NCCc3ccccc32)C(=O)C1. The fraction of sp³-hybridized carbons (Fsp3) is 0.529. The van der Waals surface area contributed by atoms with Crippen LogP contribution in [0.15, 0.2) is 24.3 Å². The lowest BCUT2D eigenvalue weighted by molar-refractivity contribution is -0.141. The fourth-order valence-corrected chi connectivity index (χ4v) is 3.61. The predicted molar refractivity (Wildman–Crippen MR) is 77.4 cm³/mol. The van der Waals surface area contributed by atoms with Crippen LogP contribution in [0.25, 0.3) is 0 Å². The van der Waals surface area contributed by atoms with E-state index in [-0.39, 0.29) is 23.0 Å². The van der Waals surface area contributed by atoms with Gasteiger partial charge in [0.2, 0.25) is 0 Å². The van der Waals surface area contributed by atoms with Gasteiger partial charge in [-0.2, -0.15) is 0 Å². The lowest BCUT2D eigenvalue weighted by atomic mass is 9.68. The number of rotatable bonds is 1. The molecule has 1 saturated carbocycles. The highest BCUT2D eigenvalue weighted by Gasteiger charge is 2.44. The Bertz CT molecular complexity index is 542. The maximum atomic E-state index is 12.5. The lowest BCUT2D eigenvalue weighted by Gasteiger charge is -2.38. The molecule has 1 aliphatic heterocycles. The molecule has 20 heavy (non-hydrogen) atoms. The first-order valence-electron chi connectivity index (χ1n) is 7.34. The van der Waals surface area contributed by atoms with E-state index in [1.54, 1.807) is 0 Å². The maximum absolute atomic E-state index is 12.5. The number of nitrogens with one attached hydrogen (secondary N) is 1. The van der Waals surface area contributed by atoms with E-state index >= 15 is 0 Å². The number of carbonyl (C=O) groups excluding carboxylic acids is 2. The second-order valence-corrected chi connectivity index (χ2v) is 6.81. The zero-order valence-electron chi connectivity index (χ0n) is 12.1. The van der Waals surface area contributed by atoms with Gasteiger partial charge in [-0.1, -0.05) is 38.1 Å². The van der Waals surface area contributed by atoms with Crippen LogP contribution in [-0.4, -0.2) is 18.1 Å². The quantitative estimate of drug-likeness (QED) is 0.798. The van der Waals surface area contributed by atoms with Gasteiger partial charge < -0.3 is 5.32 Å². The third-order valence-electron chi connectivity index (χ3n) is 4.48. The van der Waals surface area contributed by atoms with E-state index < -0.39 is 5.92 Å². The standard InChI is InChI=1S/C17H21NO2/c1-17(2)9-13(19)15(14(20)10-17)16-12-6-4-3-5-11(12)7-8-18-16/h3-6,15-16,18H,7-10H2,1-2H3/t16-/m1/s1. The van der Waals surface area contributed by atoms with Crippen molar-refractivity contribution in [3.8, 4) is 0 Å². The minimum Gasteiger partial charge on any atom is -0.309 e. The topological polar surface area (TPSA) is 46.2 Å². The van der Waals surface area contributed by atoms with Crippen molar-refractivity contribution in [2.45, 2.75) is 39.2 Å². The van der Waals surface area contributed by atoms with Crippen LogP contribution < -0.4 is 5.32 Å². The van der Waals surface area contributed by atoms with E-state index in [0.29, 0.717) is 12.8 Å². The number of carbonyl (C=O) groups is 2. The van der Waals surface area contributed by atoms with Gasteiger partial charge in [0, 0.05) is 18.9 Å². The van der Waals surface area contributed by atoms with Crippen LogP contribution in [0, 0.1) is 11.3 Å². The molecule has 2 aliphatic rings. The summed E-state index contributed by atoms with van der Waals surface area (Å²) >= 11 is 0. The molecule has 3 heteroatoms. The Morgan fingerprint density at radius 3 is 2.45 bits per heavy atom.